The minimum Gasteiger partial charge on any atom is -0.305 e. The van der Waals surface area contributed by atoms with Gasteiger partial charge in [0.25, 0.3) is 0 Å². The number of aromatic nitrogens is 1. The largest absolute Gasteiger partial charge is 0.305 e. The number of hydrogen-bond acceptors (Lipinski definition) is 2. The van der Waals surface area contributed by atoms with Crippen molar-refractivity contribution in [2.45, 2.75) is 26.2 Å². The molecule has 3 heteroatoms. The molecule has 0 aliphatic rings. The Balaban J connectivity index is 0.00000176. The van der Waals surface area contributed by atoms with E-state index in [9.17, 15) is 0 Å². The number of pyridine rings is 1. The van der Waals surface area contributed by atoms with Gasteiger partial charge in [0.1, 0.15) is 0 Å². The van der Waals surface area contributed by atoms with Gasteiger partial charge in [0.2, 0.25) is 0 Å². The zero-order chi connectivity index (χ0) is 15.2. The molecule has 0 bridgehead atoms. The Labute approximate surface area is 148 Å². The zero-order valence-electron chi connectivity index (χ0n) is 13.0. The van der Waals surface area contributed by atoms with Crippen molar-refractivity contribution in [1.29, 1.82) is 0 Å². The average Bonchev–Trinajstić information content (AvgIpc) is 2.73. The van der Waals surface area contributed by atoms with Gasteiger partial charge >= 0.3 is 0 Å². The van der Waals surface area contributed by atoms with E-state index in [4.69, 9.17) is 0 Å². The van der Waals surface area contributed by atoms with E-state index in [1.807, 2.05) is 12.3 Å². The van der Waals surface area contributed by atoms with Gasteiger partial charge in [-0.2, -0.15) is 11.3 Å². The smallest absolute Gasteiger partial charge is 0.0163 e. The van der Waals surface area contributed by atoms with Crippen LogP contribution in [0.2, 0.25) is 0 Å². The first-order chi connectivity index (χ1) is 9.86. The van der Waals surface area contributed by atoms with Crippen LogP contribution in [0.3, 0.4) is 0 Å². The number of rotatable bonds is 1. The Morgan fingerprint density at radius 3 is 2.59 bits per heavy atom. The molecule has 0 aliphatic carbocycles. The fourth-order valence-electron chi connectivity index (χ4n) is 2.34. The molecule has 0 N–H and O–H groups in total. The molecular formula is C19H18IrNS-. The van der Waals surface area contributed by atoms with Crippen LogP contribution in [0.15, 0.2) is 30.5 Å². The van der Waals surface area contributed by atoms with Gasteiger partial charge in [0, 0.05) is 30.8 Å². The molecule has 1 nitrogen and oxygen atoms in total. The van der Waals surface area contributed by atoms with Crippen molar-refractivity contribution in [1.82, 2.24) is 4.98 Å². The Morgan fingerprint density at radius 2 is 1.91 bits per heavy atom. The number of nitrogens with zero attached hydrogens (tertiary/aromatic N) is 1. The van der Waals surface area contributed by atoms with Crippen LogP contribution in [0.4, 0.5) is 0 Å². The summed E-state index contributed by atoms with van der Waals surface area (Å²) in [6.07, 6.45) is 1.87. The number of thiophene rings is 1. The van der Waals surface area contributed by atoms with Crippen molar-refractivity contribution < 1.29 is 20.1 Å². The molecule has 22 heavy (non-hydrogen) atoms. The van der Waals surface area contributed by atoms with Crippen molar-refractivity contribution in [3.05, 3.63) is 51.8 Å². The van der Waals surface area contributed by atoms with Gasteiger partial charge in [-0.05, 0) is 32.7 Å². The number of fused-ring (bicyclic) bond motifs is 1. The second kappa shape index (κ2) is 6.08. The van der Waals surface area contributed by atoms with Crippen molar-refractivity contribution in [3.63, 3.8) is 0 Å². The fraction of sp³-hybridized carbons (Fsp3) is 0.211. The molecule has 0 fully saturated rings. The average molecular weight is 485 g/mol. The van der Waals surface area contributed by atoms with Gasteiger partial charge in [-0.3, -0.25) is 0 Å². The van der Waals surface area contributed by atoms with E-state index in [0.717, 1.165) is 26.4 Å². The molecule has 1 aromatic carbocycles. The quantitative estimate of drug-likeness (QED) is 0.478. The van der Waals surface area contributed by atoms with Crippen LogP contribution in [0, 0.1) is 6.07 Å². The third-order valence-electron chi connectivity index (χ3n) is 3.71. The predicted octanol–water partition coefficient (Wildman–Crippen LogP) is 3.88. The number of hydrogen-bond donors (Lipinski definition) is 0. The Morgan fingerprint density at radius 1 is 1.18 bits per heavy atom. The monoisotopic (exact) mass is 485 g/mol. The molecule has 0 amide bonds. The summed E-state index contributed by atoms with van der Waals surface area (Å²) in [5.74, 6) is 0. The van der Waals surface area contributed by atoms with Gasteiger partial charge in [-0.15, -0.1) is 23.8 Å². The van der Waals surface area contributed by atoms with E-state index in [1.54, 1.807) is 11.3 Å². The topological polar surface area (TPSA) is 12.9 Å². The molecular weight excluding hydrogens is 466 g/mol. The Bertz CT molecular complexity index is 919. The molecule has 0 spiro atoms. The van der Waals surface area contributed by atoms with E-state index in [-0.39, 0.29) is 25.5 Å². The summed E-state index contributed by atoms with van der Waals surface area (Å²) in [7, 11) is 0. The molecule has 0 aliphatic heterocycles. The maximum absolute atomic E-state index is 4.50. The third kappa shape index (κ3) is 3.07. The van der Waals surface area contributed by atoms with Crippen LogP contribution in [0.5, 0.6) is 0 Å². The van der Waals surface area contributed by atoms with E-state index in [1.165, 1.54) is 10.3 Å². The SMILES string of the molecule is C=c1sc2c[c-]c(-c3cc(C(C)(C)C)ccn3)cc2c1=C.[Ir]. The van der Waals surface area contributed by atoms with Crippen LogP contribution < -0.4 is 9.75 Å². The molecule has 0 atom stereocenters. The number of benzene rings is 1. The summed E-state index contributed by atoms with van der Waals surface area (Å²) in [5.41, 5.74) is 3.36. The molecule has 1 radical (unpaired) electrons. The Kier molecular flexibility index (Phi) is 4.72. The van der Waals surface area contributed by atoms with Crippen molar-refractivity contribution in [2.24, 2.45) is 0 Å². The summed E-state index contributed by atoms with van der Waals surface area (Å²) >= 11 is 1.66. The van der Waals surface area contributed by atoms with Gasteiger partial charge in [-0.1, -0.05) is 45.4 Å². The molecule has 0 saturated heterocycles. The molecule has 3 aromatic rings. The molecule has 3 rings (SSSR count). The van der Waals surface area contributed by atoms with Crippen LogP contribution in [-0.2, 0) is 25.5 Å². The van der Waals surface area contributed by atoms with Gasteiger partial charge in [-0.25, -0.2) is 0 Å². The summed E-state index contributed by atoms with van der Waals surface area (Å²) in [5, 5.41) is 2.17. The van der Waals surface area contributed by atoms with Crippen LogP contribution in [0.1, 0.15) is 26.3 Å². The van der Waals surface area contributed by atoms with E-state index < -0.39 is 0 Å². The van der Waals surface area contributed by atoms with Crippen molar-refractivity contribution in [2.75, 3.05) is 0 Å². The normalized spacial score (nSPS) is 11.4. The summed E-state index contributed by atoms with van der Waals surface area (Å²) in [4.78, 5) is 4.50. The van der Waals surface area contributed by atoms with Gasteiger partial charge in [0.15, 0.2) is 0 Å². The first kappa shape index (κ1) is 17.1. The molecule has 0 unspecified atom stereocenters. The minimum absolute atomic E-state index is 0. The second-order valence-corrected chi connectivity index (χ2v) is 7.44. The summed E-state index contributed by atoms with van der Waals surface area (Å²) < 4.78 is 2.20. The first-order valence-corrected chi connectivity index (χ1v) is 7.77. The molecule has 2 aromatic heterocycles. The van der Waals surface area contributed by atoms with Gasteiger partial charge < -0.3 is 4.98 Å². The summed E-state index contributed by atoms with van der Waals surface area (Å²) in [6, 6.07) is 11.7. The zero-order valence-corrected chi connectivity index (χ0v) is 16.2. The fourth-order valence-corrected chi connectivity index (χ4v) is 3.24. The van der Waals surface area contributed by atoms with Crippen molar-refractivity contribution in [3.8, 4) is 11.3 Å². The maximum atomic E-state index is 4.50. The van der Waals surface area contributed by atoms with Crippen LogP contribution in [0.25, 0.3) is 34.5 Å². The standard InChI is InChI=1S/C19H18NS.Ir/c1-12-13(2)21-18-7-6-14(10-16(12)18)17-11-15(8-9-20-17)19(3,4)5;/h7-11H,1-2H2,3-5H3;/q-1;. The molecule has 115 valence electrons. The second-order valence-electron chi connectivity index (χ2n) is 6.31. The van der Waals surface area contributed by atoms with Gasteiger partial charge in [0.05, 0.1) is 0 Å². The Hall–Kier alpha value is -1.28. The van der Waals surface area contributed by atoms with E-state index in [0.29, 0.717) is 0 Å². The van der Waals surface area contributed by atoms with E-state index in [2.05, 4.69) is 63.2 Å². The maximum Gasteiger partial charge on any atom is 0.0163 e. The molecule has 0 saturated carbocycles. The van der Waals surface area contributed by atoms with E-state index >= 15 is 0 Å². The predicted molar refractivity (Wildman–Crippen MR) is 92.9 cm³/mol. The third-order valence-corrected chi connectivity index (χ3v) is 4.76. The summed E-state index contributed by atoms with van der Waals surface area (Å²) in [6.45, 7) is 14.8. The first-order valence-electron chi connectivity index (χ1n) is 6.95. The van der Waals surface area contributed by atoms with Crippen molar-refractivity contribution >= 4 is 34.6 Å². The van der Waals surface area contributed by atoms with Crippen LogP contribution in [-0.4, -0.2) is 4.98 Å². The molecule has 2 heterocycles. The minimum atomic E-state index is 0. The van der Waals surface area contributed by atoms with Crippen LogP contribution >= 0.6 is 11.3 Å².